The van der Waals surface area contributed by atoms with Gasteiger partial charge in [0, 0.05) is 6.04 Å². The van der Waals surface area contributed by atoms with Crippen LogP contribution in [0.1, 0.15) is 44.7 Å². The Morgan fingerprint density at radius 3 is 2.87 bits per heavy atom. The summed E-state index contributed by atoms with van der Waals surface area (Å²) in [5, 5.41) is 15.2. The average molecular weight is 353 g/mol. The Morgan fingerprint density at radius 1 is 1.35 bits per heavy atom. The van der Waals surface area contributed by atoms with Crippen molar-refractivity contribution < 1.29 is 4.79 Å². The summed E-state index contributed by atoms with van der Waals surface area (Å²) in [4.78, 5) is 24.6. The number of amides is 1. The fourth-order valence-corrected chi connectivity index (χ4v) is 4.34. The summed E-state index contributed by atoms with van der Waals surface area (Å²) in [6.07, 6.45) is 6.32. The van der Waals surface area contributed by atoms with Crippen molar-refractivity contribution in [3.63, 3.8) is 0 Å². The first-order valence-corrected chi connectivity index (χ1v) is 9.65. The molecule has 0 bridgehead atoms. The Balaban J connectivity index is 1.61. The maximum Gasteiger partial charge on any atom is 0.297 e. The van der Waals surface area contributed by atoms with Crippen molar-refractivity contribution in [2.45, 2.75) is 55.8 Å². The predicted octanol–water partition coefficient (Wildman–Crippen LogP) is 1.65. The number of nitrogens with one attached hydrogen (secondary N) is 1. The second-order valence-corrected chi connectivity index (χ2v) is 7.74. The van der Waals surface area contributed by atoms with Crippen LogP contribution < -0.4 is 10.9 Å². The second kappa shape index (κ2) is 7.39. The van der Waals surface area contributed by atoms with E-state index in [1.807, 2.05) is 6.92 Å². The second-order valence-electron chi connectivity index (χ2n) is 5.56. The maximum atomic E-state index is 12.1. The van der Waals surface area contributed by atoms with Crippen LogP contribution in [0.25, 0.3) is 4.96 Å². The quantitative estimate of drug-likeness (QED) is 0.822. The third-order valence-corrected chi connectivity index (χ3v) is 5.90. The van der Waals surface area contributed by atoms with Crippen LogP contribution >= 0.6 is 23.1 Å². The first kappa shape index (κ1) is 16.4. The molecule has 124 valence electrons. The lowest BCUT2D eigenvalue weighted by Crippen LogP contribution is -2.37. The van der Waals surface area contributed by atoms with Crippen LogP contribution in [0.4, 0.5) is 0 Å². The first-order chi connectivity index (χ1) is 11.2. The van der Waals surface area contributed by atoms with Crippen LogP contribution in [0.15, 0.2) is 9.13 Å². The molecule has 1 fully saturated rings. The van der Waals surface area contributed by atoms with E-state index >= 15 is 0 Å². The molecule has 2 aromatic heterocycles. The number of hydrogen-bond donors (Lipinski definition) is 1. The van der Waals surface area contributed by atoms with E-state index in [1.165, 1.54) is 46.9 Å². The molecule has 0 aromatic carbocycles. The largest absolute Gasteiger partial charge is 0.353 e. The van der Waals surface area contributed by atoms with Crippen molar-refractivity contribution in [3.05, 3.63) is 16.0 Å². The Labute approximate surface area is 141 Å². The lowest BCUT2D eigenvalue weighted by molar-refractivity contribution is -0.119. The van der Waals surface area contributed by atoms with E-state index < -0.39 is 0 Å². The van der Waals surface area contributed by atoms with Gasteiger partial charge in [0.25, 0.3) is 5.56 Å². The highest BCUT2D eigenvalue weighted by Crippen LogP contribution is 2.23. The van der Waals surface area contributed by atoms with Crippen molar-refractivity contribution in [2.75, 3.05) is 5.75 Å². The van der Waals surface area contributed by atoms with Crippen LogP contribution in [0, 0.1) is 0 Å². The first-order valence-electron chi connectivity index (χ1n) is 7.85. The fraction of sp³-hybridized carbons (Fsp3) is 0.643. The minimum atomic E-state index is -0.229. The standard InChI is InChI=1S/C14H19N5O2S2/c1-2-10-12(21)19-13(17-16-10)23-14(18-19)22-8-11(20)15-9-6-4-3-5-7-9/h9H,2-8H2,1H3,(H,15,20). The summed E-state index contributed by atoms with van der Waals surface area (Å²) in [5.74, 6) is 0.327. The number of hydrogen-bond acceptors (Lipinski definition) is 7. The number of carbonyl (C=O) groups excluding carboxylic acids is 1. The Hall–Kier alpha value is -1.48. The molecular formula is C14H19N5O2S2. The SMILES string of the molecule is CCc1nnc2sc(SCC(=O)NC3CCCCC3)nn2c1=O. The highest BCUT2D eigenvalue weighted by molar-refractivity contribution is 8.01. The van der Waals surface area contributed by atoms with E-state index in [0.29, 0.717) is 33.2 Å². The van der Waals surface area contributed by atoms with Gasteiger partial charge in [-0.2, -0.15) is 4.52 Å². The van der Waals surface area contributed by atoms with E-state index in [1.54, 1.807) is 0 Å². The number of rotatable bonds is 5. The van der Waals surface area contributed by atoms with Crippen molar-refractivity contribution >= 4 is 34.0 Å². The van der Waals surface area contributed by atoms with Crippen LogP contribution in [0.5, 0.6) is 0 Å². The zero-order valence-corrected chi connectivity index (χ0v) is 14.6. The van der Waals surface area contributed by atoms with Gasteiger partial charge >= 0.3 is 0 Å². The van der Waals surface area contributed by atoms with E-state index in [2.05, 4.69) is 20.6 Å². The van der Waals surface area contributed by atoms with Crippen LogP contribution in [0.2, 0.25) is 0 Å². The number of nitrogens with zero attached hydrogens (tertiary/aromatic N) is 4. The number of aromatic nitrogens is 4. The van der Waals surface area contributed by atoms with Crippen LogP contribution in [0.3, 0.4) is 0 Å². The van der Waals surface area contributed by atoms with Crippen molar-refractivity contribution in [1.82, 2.24) is 25.1 Å². The number of aryl methyl sites for hydroxylation is 1. The zero-order valence-electron chi connectivity index (χ0n) is 12.9. The van der Waals surface area contributed by atoms with Gasteiger partial charge in [-0.15, -0.1) is 15.3 Å². The molecule has 0 radical (unpaired) electrons. The van der Waals surface area contributed by atoms with Crippen molar-refractivity contribution in [2.24, 2.45) is 0 Å². The molecule has 1 saturated carbocycles. The highest BCUT2D eigenvalue weighted by Gasteiger charge is 2.17. The van der Waals surface area contributed by atoms with Crippen molar-refractivity contribution in [3.8, 4) is 0 Å². The molecule has 2 aromatic rings. The monoisotopic (exact) mass is 353 g/mol. The van der Waals surface area contributed by atoms with Gasteiger partial charge in [-0.25, -0.2) is 0 Å². The summed E-state index contributed by atoms with van der Waals surface area (Å²) in [5.41, 5.74) is 0.173. The minimum Gasteiger partial charge on any atom is -0.353 e. The molecule has 7 nitrogen and oxygen atoms in total. The van der Waals surface area contributed by atoms with Gasteiger partial charge in [0.05, 0.1) is 5.75 Å². The summed E-state index contributed by atoms with van der Waals surface area (Å²) < 4.78 is 1.93. The average Bonchev–Trinajstić information content (AvgIpc) is 2.98. The van der Waals surface area contributed by atoms with Gasteiger partial charge in [0.15, 0.2) is 4.34 Å². The predicted molar refractivity (Wildman–Crippen MR) is 90.0 cm³/mol. The summed E-state index contributed by atoms with van der Waals surface area (Å²) >= 11 is 2.61. The number of fused-ring (bicyclic) bond motifs is 1. The molecule has 2 heterocycles. The van der Waals surface area contributed by atoms with Gasteiger partial charge in [0.1, 0.15) is 5.69 Å². The zero-order chi connectivity index (χ0) is 16.2. The van der Waals surface area contributed by atoms with Gasteiger partial charge in [-0.3, -0.25) is 9.59 Å². The molecule has 0 saturated heterocycles. The molecule has 23 heavy (non-hydrogen) atoms. The van der Waals surface area contributed by atoms with E-state index in [0.717, 1.165) is 12.8 Å². The third kappa shape index (κ3) is 3.89. The molecule has 0 unspecified atom stereocenters. The summed E-state index contributed by atoms with van der Waals surface area (Å²) in [6.45, 7) is 1.86. The number of thioether (sulfide) groups is 1. The summed E-state index contributed by atoms with van der Waals surface area (Å²) in [7, 11) is 0. The summed E-state index contributed by atoms with van der Waals surface area (Å²) in [6, 6.07) is 0.313. The van der Waals surface area contributed by atoms with Gasteiger partial charge < -0.3 is 5.32 Å². The van der Waals surface area contributed by atoms with Gasteiger partial charge in [-0.1, -0.05) is 49.3 Å². The lowest BCUT2D eigenvalue weighted by atomic mass is 9.95. The molecule has 9 heteroatoms. The molecule has 1 amide bonds. The fourth-order valence-electron chi connectivity index (χ4n) is 2.65. The minimum absolute atomic E-state index is 0.0221. The third-order valence-electron chi connectivity index (χ3n) is 3.87. The smallest absolute Gasteiger partial charge is 0.297 e. The molecule has 1 N–H and O–H groups in total. The lowest BCUT2D eigenvalue weighted by Gasteiger charge is -2.22. The van der Waals surface area contributed by atoms with E-state index in [9.17, 15) is 9.59 Å². The molecule has 1 aliphatic carbocycles. The van der Waals surface area contributed by atoms with Crippen LogP contribution in [-0.2, 0) is 11.2 Å². The molecule has 1 aliphatic rings. The Bertz CT molecular complexity index is 751. The normalized spacial score (nSPS) is 15.9. The maximum absolute atomic E-state index is 12.1. The van der Waals surface area contributed by atoms with Crippen LogP contribution in [-0.4, -0.2) is 37.5 Å². The van der Waals surface area contributed by atoms with Gasteiger partial charge in [0.2, 0.25) is 10.9 Å². The number of carbonyl (C=O) groups is 1. The molecule has 0 aliphatic heterocycles. The van der Waals surface area contributed by atoms with E-state index in [4.69, 9.17) is 0 Å². The molecule has 0 spiro atoms. The topological polar surface area (TPSA) is 89.2 Å². The molecule has 3 rings (SSSR count). The molecule has 0 atom stereocenters. The Morgan fingerprint density at radius 2 is 2.13 bits per heavy atom. The van der Waals surface area contributed by atoms with Crippen molar-refractivity contribution in [1.29, 1.82) is 0 Å². The highest BCUT2D eigenvalue weighted by atomic mass is 32.2. The van der Waals surface area contributed by atoms with E-state index in [-0.39, 0.29) is 11.5 Å². The Kier molecular flexibility index (Phi) is 5.27. The molecular weight excluding hydrogens is 334 g/mol. The van der Waals surface area contributed by atoms with Gasteiger partial charge in [-0.05, 0) is 19.3 Å².